The molecule has 0 aliphatic carbocycles. The molecular weight excluding hydrogens is 348 g/mol. The maximum Gasteiger partial charge on any atom is 0.273 e. The molecule has 0 radical (unpaired) electrons. The summed E-state index contributed by atoms with van der Waals surface area (Å²) in [5, 5.41) is 9.52. The Hall–Kier alpha value is -3.81. The molecule has 3 aromatic rings. The lowest BCUT2D eigenvalue weighted by Crippen LogP contribution is -2.18. The van der Waals surface area contributed by atoms with Crippen LogP contribution in [-0.4, -0.2) is 36.2 Å². The second kappa shape index (κ2) is 7.61. The van der Waals surface area contributed by atoms with Gasteiger partial charge in [-0.05, 0) is 30.3 Å². The van der Waals surface area contributed by atoms with Crippen LogP contribution in [0, 0.1) is 0 Å². The molecule has 0 bridgehead atoms. The van der Waals surface area contributed by atoms with Gasteiger partial charge in [0.05, 0.1) is 31.2 Å². The molecule has 2 aromatic carbocycles. The number of ether oxygens (including phenoxy) is 2. The highest BCUT2D eigenvalue weighted by molar-refractivity contribution is 6.08. The highest BCUT2D eigenvalue weighted by Crippen LogP contribution is 2.32. The summed E-state index contributed by atoms with van der Waals surface area (Å²) < 4.78 is 10.5. The highest BCUT2D eigenvalue weighted by Gasteiger charge is 2.16. The van der Waals surface area contributed by atoms with E-state index in [1.54, 1.807) is 62.8 Å². The maximum absolute atomic E-state index is 12.5. The van der Waals surface area contributed by atoms with Crippen LogP contribution in [0.25, 0.3) is 11.3 Å². The summed E-state index contributed by atoms with van der Waals surface area (Å²) in [6, 6.07) is 13.4. The van der Waals surface area contributed by atoms with Crippen LogP contribution < -0.4 is 20.5 Å². The summed E-state index contributed by atoms with van der Waals surface area (Å²) in [6.07, 6.45) is 0. The summed E-state index contributed by atoms with van der Waals surface area (Å²) in [7, 11) is 3.11. The Labute approximate surface area is 155 Å². The minimum atomic E-state index is -0.626. The van der Waals surface area contributed by atoms with E-state index in [1.807, 2.05) is 0 Å². The normalized spacial score (nSPS) is 10.3. The first-order valence-corrected chi connectivity index (χ1v) is 8.01. The van der Waals surface area contributed by atoms with E-state index >= 15 is 0 Å². The molecule has 138 valence electrons. The number of hydrogen-bond donors (Lipinski definition) is 3. The number of aromatic nitrogens is 2. The molecule has 4 N–H and O–H groups in total. The standard InChI is InChI=1S/C19H18N4O4/c1-26-11-7-8-12(17(9-11)27-2)15-10-16(23-22-15)19(25)21-14-6-4-3-5-13(14)18(20)24/h3-10H,1-2H3,(H2,20,24)(H,21,25)(H,22,23). The van der Waals surface area contributed by atoms with Crippen molar-refractivity contribution in [2.45, 2.75) is 0 Å². The zero-order valence-electron chi connectivity index (χ0n) is 14.8. The molecule has 0 fully saturated rings. The Bertz CT molecular complexity index is 997. The molecule has 8 heteroatoms. The predicted molar refractivity (Wildman–Crippen MR) is 100 cm³/mol. The molecule has 0 aliphatic rings. The fourth-order valence-electron chi connectivity index (χ4n) is 2.58. The van der Waals surface area contributed by atoms with E-state index in [0.29, 0.717) is 28.4 Å². The summed E-state index contributed by atoms with van der Waals surface area (Å²) in [5.74, 6) is 0.133. The Morgan fingerprint density at radius 3 is 2.56 bits per heavy atom. The van der Waals surface area contributed by atoms with Gasteiger partial charge in [0, 0.05) is 11.6 Å². The van der Waals surface area contributed by atoms with Crippen LogP contribution in [-0.2, 0) is 0 Å². The van der Waals surface area contributed by atoms with Gasteiger partial charge in [-0.15, -0.1) is 0 Å². The monoisotopic (exact) mass is 366 g/mol. The SMILES string of the molecule is COc1ccc(-c2cc(C(=O)Nc3ccccc3C(N)=O)[nH]n2)c(OC)c1. The number of benzene rings is 2. The minimum absolute atomic E-state index is 0.224. The van der Waals surface area contributed by atoms with Gasteiger partial charge in [-0.2, -0.15) is 5.10 Å². The number of primary amides is 1. The van der Waals surface area contributed by atoms with Crippen molar-refractivity contribution >= 4 is 17.5 Å². The van der Waals surface area contributed by atoms with Gasteiger partial charge in [0.1, 0.15) is 17.2 Å². The van der Waals surface area contributed by atoms with E-state index in [1.165, 1.54) is 0 Å². The number of nitrogens with two attached hydrogens (primary N) is 1. The first kappa shape index (κ1) is 18.0. The smallest absolute Gasteiger partial charge is 0.273 e. The summed E-state index contributed by atoms with van der Waals surface area (Å²) in [6.45, 7) is 0. The third-order valence-electron chi connectivity index (χ3n) is 3.95. The second-order valence-corrected chi connectivity index (χ2v) is 5.60. The lowest BCUT2D eigenvalue weighted by atomic mass is 10.1. The molecule has 0 atom stereocenters. The van der Waals surface area contributed by atoms with Crippen LogP contribution >= 0.6 is 0 Å². The molecule has 0 saturated heterocycles. The van der Waals surface area contributed by atoms with Crippen LogP contribution in [0.15, 0.2) is 48.5 Å². The number of amides is 2. The number of methoxy groups -OCH3 is 2. The molecule has 0 saturated carbocycles. The number of nitrogens with zero attached hydrogens (tertiary/aromatic N) is 1. The fourth-order valence-corrected chi connectivity index (χ4v) is 2.58. The van der Waals surface area contributed by atoms with Crippen LogP contribution in [0.5, 0.6) is 11.5 Å². The summed E-state index contributed by atoms with van der Waals surface area (Å²) in [4.78, 5) is 24.0. The molecular formula is C19H18N4O4. The largest absolute Gasteiger partial charge is 0.497 e. The zero-order valence-corrected chi connectivity index (χ0v) is 14.8. The number of hydrogen-bond acceptors (Lipinski definition) is 5. The van der Waals surface area contributed by atoms with Crippen molar-refractivity contribution in [3.05, 3.63) is 59.8 Å². The number of carbonyl (C=O) groups is 2. The van der Waals surface area contributed by atoms with Gasteiger partial charge in [0.2, 0.25) is 0 Å². The molecule has 8 nitrogen and oxygen atoms in total. The molecule has 0 aliphatic heterocycles. The van der Waals surface area contributed by atoms with E-state index in [0.717, 1.165) is 0 Å². The number of para-hydroxylation sites is 1. The zero-order chi connectivity index (χ0) is 19.4. The molecule has 1 heterocycles. The van der Waals surface area contributed by atoms with Crippen molar-refractivity contribution in [1.29, 1.82) is 0 Å². The third kappa shape index (κ3) is 3.74. The summed E-state index contributed by atoms with van der Waals surface area (Å²) >= 11 is 0. The van der Waals surface area contributed by atoms with Crippen LogP contribution in [0.3, 0.4) is 0 Å². The predicted octanol–water partition coefficient (Wildman–Crippen LogP) is 2.45. The third-order valence-corrected chi connectivity index (χ3v) is 3.95. The number of carbonyl (C=O) groups excluding carboxylic acids is 2. The second-order valence-electron chi connectivity index (χ2n) is 5.60. The Balaban J connectivity index is 1.86. The number of anilines is 1. The number of rotatable bonds is 6. The van der Waals surface area contributed by atoms with Crippen molar-refractivity contribution in [2.24, 2.45) is 5.73 Å². The van der Waals surface area contributed by atoms with Crippen LogP contribution in [0.4, 0.5) is 5.69 Å². The van der Waals surface area contributed by atoms with Crippen molar-refractivity contribution in [3.8, 4) is 22.8 Å². The molecule has 27 heavy (non-hydrogen) atoms. The lowest BCUT2D eigenvalue weighted by Gasteiger charge is -2.08. The van der Waals surface area contributed by atoms with Gasteiger partial charge in [-0.3, -0.25) is 14.7 Å². The highest BCUT2D eigenvalue weighted by atomic mass is 16.5. The quantitative estimate of drug-likeness (QED) is 0.619. The van der Waals surface area contributed by atoms with Gasteiger partial charge in [-0.1, -0.05) is 12.1 Å². The van der Waals surface area contributed by atoms with Gasteiger partial charge < -0.3 is 20.5 Å². The number of H-pyrrole nitrogens is 1. The average molecular weight is 366 g/mol. The van der Waals surface area contributed by atoms with Gasteiger partial charge in [-0.25, -0.2) is 0 Å². The first-order valence-electron chi connectivity index (χ1n) is 8.01. The van der Waals surface area contributed by atoms with Gasteiger partial charge in [0.25, 0.3) is 11.8 Å². The molecule has 1 aromatic heterocycles. The van der Waals surface area contributed by atoms with E-state index in [9.17, 15) is 9.59 Å². The van der Waals surface area contributed by atoms with E-state index in [2.05, 4.69) is 15.5 Å². The van der Waals surface area contributed by atoms with E-state index in [4.69, 9.17) is 15.2 Å². The topological polar surface area (TPSA) is 119 Å². The van der Waals surface area contributed by atoms with Crippen LogP contribution in [0.1, 0.15) is 20.8 Å². The Morgan fingerprint density at radius 1 is 1.07 bits per heavy atom. The minimum Gasteiger partial charge on any atom is -0.497 e. The van der Waals surface area contributed by atoms with Crippen molar-refractivity contribution < 1.29 is 19.1 Å². The van der Waals surface area contributed by atoms with Crippen molar-refractivity contribution in [3.63, 3.8) is 0 Å². The van der Waals surface area contributed by atoms with Gasteiger partial charge >= 0.3 is 0 Å². The van der Waals surface area contributed by atoms with Crippen LogP contribution in [0.2, 0.25) is 0 Å². The van der Waals surface area contributed by atoms with Gasteiger partial charge in [0.15, 0.2) is 0 Å². The Kier molecular flexibility index (Phi) is 5.07. The molecule has 2 amide bonds. The number of aromatic amines is 1. The lowest BCUT2D eigenvalue weighted by molar-refractivity contribution is 0.100. The van der Waals surface area contributed by atoms with E-state index in [-0.39, 0.29) is 11.3 Å². The molecule has 0 spiro atoms. The van der Waals surface area contributed by atoms with E-state index < -0.39 is 11.8 Å². The number of nitrogens with one attached hydrogen (secondary N) is 2. The maximum atomic E-state index is 12.5. The fraction of sp³-hybridized carbons (Fsp3) is 0.105. The molecule has 0 unspecified atom stereocenters. The average Bonchev–Trinajstić information content (AvgIpc) is 3.17. The summed E-state index contributed by atoms with van der Waals surface area (Å²) in [5.41, 5.74) is 7.34. The van der Waals surface area contributed by atoms with Crippen molar-refractivity contribution in [1.82, 2.24) is 10.2 Å². The molecule has 3 rings (SSSR count). The van der Waals surface area contributed by atoms with Crippen molar-refractivity contribution in [2.75, 3.05) is 19.5 Å². The first-order chi connectivity index (χ1) is 13.0. The Morgan fingerprint density at radius 2 is 1.85 bits per heavy atom.